The third kappa shape index (κ3) is 2.95. The van der Waals surface area contributed by atoms with Gasteiger partial charge in [-0.2, -0.15) is 0 Å². The van der Waals surface area contributed by atoms with Gasteiger partial charge in [0.25, 0.3) is 12.3 Å². The third-order valence-electron chi connectivity index (χ3n) is 5.02. The summed E-state index contributed by atoms with van der Waals surface area (Å²) in [6.07, 6.45) is -0.0447. The zero-order valence-corrected chi connectivity index (χ0v) is 15.8. The number of phenols is 1. The van der Waals surface area contributed by atoms with Crippen molar-refractivity contribution in [3.63, 3.8) is 0 Å². The smallest absolute Gasteiger partial charge is 0.280 e. The van der Waals surface area contributed by atoms with Gasteiger partial charge >= 0.3 is 0 Å². The second-order valence-corrected chi connectivity index (χ2v) is 6.76. The summed E-state index contributed by atoms with van der Waals surface area (Å²) >= 11 is 0. The largest absolute Gasteiger partial charge is 0.507 e. The van der Waals surface area contributed by atoms with Crippen LogP contribution in [-0.2, 0) is 10.3 Å². The Hall–Kier alpha value is -3.88. The molecule has 1 aliphatic heterocycles. The molecule has 9 heteroatoms. The SMILES string of the molecule is CN1C(=O)C(c2ccnc(C(F)F)c2)(c2ccc(O)c(-c3ccccn3)c2)N=C1N. The molecule has 152 valence electrons. The second-order valence-electron chi connectivity index (χ2n) is 6.76. The van der Waals surface area contributed by atoms with Crippen LogP contribution in [0.1, 0.15) is 23.2 Å². The number of carbonyl (C=O) groups is 1. The Morgan fingerprint density at radius 2 is 1.83 bits per heavy atom. The first kappa shape index (κ1) is 19.4. The van der Waals surface area contributed by atoms with Crippen LogP contribution >= 0.6 is 0 Å². The minimum absolute atomic E-state index is 0.0497. The summed E-state index contributed by atoms with van der Waals surface area (Å²) in [5.74, 6) is -0.613. The van der Waals surface area contributed by atoms with E-state index in [-0.39, 0.29) is 17.3 Å². The van der Waals surface area contributed by atoms with Gasteiger partial charge in [-0.15, -0.1) is 0 Å². The Kier molecular flexibility index (Phi) is 4.65. The number of benzene rings is 1. The summed E-state index contributed by atoms with van der Waals surface area (Å²) < 4.78 is 26.6. The van der Waals surface area contributed by atoms with E-state index in [1.54, 1.807) is 30.5 Å². The molecule has 0 aliphatic carbocycles. The van der Waals surface area contributed by atoms with E-state index >= 15 is 0 Å². The molecule has 0 saturated heterocycles. The quantitative estimate of drug-likeness (QED) is 0.690. The molecular weight excluding hydrogens is 392 g/mol. The van der Waals surface area contributed by atoms with Crippen molar-refractivity contribution in [1.29, 1.82) is 0 Å². The second kappa shape index (κ2) is 7.18. The Balaban J connectivity index is 1.98. The van der Waals surface area contributed by atoms with E-state index in [9.17, 15) is 18.7 Å². The standard InChI is InChI=1S/C21H17F2N5O2/c1-28-19(30)21(27-20(28)24,13-7-9-26-16(11-13)18(22)23)12-5-6-17(29)14(10-12)15-4-2-3-8-25-15/h2-11,18,29H,1H3,(H2,24,27). The number of nitrogens with two attached hydrogens (primary N) is 1. The Morgan fingerprint density at radius 1 is 1.07 bits per heavy atom. The van der Waals surface area contributed by atoms with Crippen molar-refractivity contribution < 1.29 is 18.7 Å². The maximum atomic E-state index is 13.3. The van der Waals surface area contributed by atoms with Gasteiger partial charge in [0.05, 0.1) is 5.69 Å². The van der Waals surface area contributed by atoms with E-state index in [0.29, 0.717) is 16.8 Å². The number of aliphatic imine (C=N–C) groups is 1. The van der Waals surface area contributed by atoms with Gasteiger partial charge in [0.15, 0.2) is 11.5 Å². The van der Waals surface area contributed by atoms with Gasteiger partial charge in [-0.3, -0.25) is 19.7 Å². The van der Waals surface area contributed by atoms with Gasteiger partial charge in [0.2, 0.25) is 0 Å². The number of carbonyl (C=O) groups excluding carboxylic acids is 1. The number of likely N-dealkylation sites (N-methyl/N-ethyl adjacent to an activating group) is 1. The molecule has 0 saturated carbocycles. The molecule has 1 atom stereocenters. The lowest BCUT2D eigenvalue weighted by atomic mass is 9.82. The summed E-state index contributed by atoms with van der Waals surface area (Å²) in [7, 11) is 1.46. The number of alkyl halides is 2. The molecule has 3 N–H and O–H groups in total. The van der Waals surface area contributed by atoms with Gasteiger partial charge < -0.3 is 10.8 Å². The molecule has 3 heterocycles. The van der Waals surface area contributed by atoms with Gasteiger partial charge in [-0.1, -0.05) is 12.1 Å². The van der Waals surface area contributed by atoms with E-state index in [0.717, 1.165) is 11.0 Å². The summed E-state index contributed by atoms with van der Waals surface area (Å²) in [6, 6.07) is 12.3. The Morgan fingerprint density at radius 3 is 2.47 bits per heavy atom. The maximum Gasteiger partial charge on any atom is 0.280 e. The lowest BCUT2D eigenvalue weighted by Crippen LogP contribution is -2.41. The molecule has 2 aromatic heterocycles. The topological polar surface area (TPSA) is 105 Å². The number of halogens is 2. The highest BCUT2D eigenvalue weighted by Crippen LogP contribution is 2.42. The zero-order valence-electron chi connectivity index (χ0n) is 15.8. The molecule has 3 aromatic rings. The van der Waals surface area contributed by atoms with Crippen LogP contribution in [0, 0.1) is 0 Å². The molecule has 1 unspecified atom stereocenters. The maximum absolute atomic E-state index is 13.3. The van der Waals surface area contributed by atoms with Gasteiger partial charge in [0, 0.05) is 25.0 Å². The van der Waals surface area contributed by atoms with Gasteiger partial charge in [0.1, 0.15) is 11.4 Å². The number of nitrogens with zero attached hydrogens (tertiary/aromatic N) is 4. The highest BCUT2D eigenvalue weighted by molar-refractivity contribution is 6.09. The predicted molar refractivity (Wildman–Crippen MR) is 106 cm³/mol. The molecule has 1 aliphatic rings. The molecule has 30 heavy (non-hydrogen) atoms. The van der Waals surface area contributed by atoms with Crippen LogP contribution in [0.2, 0.25) is 0 Å². The molecule has 1 amide bonds. The molecular formula is C21H17F2N5O2. The fraction of sp³-hybridized carbons (Fsp3) is 0.143. The highest BCUT2D eigenvalue weighted by atomic mass is 19.3. The van der Waals surface area contributed by atoms with E-state index in [2.05, 4.69) is 15.0 Å². The van der Waals surface area contributed by atoms with Crippen molar-refractivity contribution in [1.82, 2.24) is 14.9 Å². The number of guanidine groups is 1. The van der Waals surface area contributed by atoms with Crippen LogP contribution in [0.25, 0.3) is 11.3 Å². The Labute approximate surface area is 170 Å². The molecule has 0 bridgehead atoms. The monoisotopic (exact) mass is 409 g/mol. The lowest BCUT2D eigenvalue weighted by Gasteiger charge is -2.27. The Bertz CT molecular complexity index is 1150. The van der Waals surface area contributed by atoms with Crippen molar-refractivity contribution in [3.8, 4) is 17.0 Å². The number of rotatable bonds is 4. The summed E-state index contributed by atoms with van der Waals surface area (Å²) in [4.78, 5) is 26.8. The van der Waals surface area contributed by atoms with E-state index in [1.165, 1.54) is 31.4 Å². The molecule has 7 nitrogen and oxygen atoms in total. The highest BCUT2D eigenvalue weighted by Gasteiger charge is 2.50. The van der Waals surface area contributed by atoms with Crippen LogP contribution in [0.4, 0.5) is 8.78 Å². The number of phenolic OH excluding ortho intramolecular Hbond substituents is 1. The molecule has 0 radical (unpaired) electrons. The van der Waals surface area contributed by atoms with E-state index < -0.39 is 23.6 Å². The van der Waals surface area contributed by atoms with Crippen LogP contribution in [0.15, 0.2) is 65.9 Å². The summed E-state index contributed by atoms with van der Waals surface area (Å²) in [5.41, 5.74) is 5.15. The van der Waals surface area contributed by atoms with E-state index in [4.69, 9.17) is 5.73 Å². The van der Waals surface area contributed by atoms with Crippen molar-refractivity contribution in [2.75, 3.05) is 7.05 Å². The van der Waals surface area contributed by atoms with Crippen molar-refractivity contribution in [3.05, 3.63) is 77.7 Å². The first-order valence-electron chi connectivity index (χ1n) is 8.97. The van der Waals surface area contributed by atoms with Crippen LogP contribution in [0.5, 0.6) is 5.75 Å². The number of hydrogen-bond donors (Lipinski definition) is 2. The number of aromatic hydroxyl groups is 1. The number of amides is 1. The first-order chi connectivity index (χ1) is 14.3. The lowest BCUT2D eigenvalue weighted by molar-refractivity contribution is -0.129. The van der Waals surface area contributed by atoms with Gasteiger partial charge in [-0.05, 0) is 47.5 Å². The fourth-order valence-corrected chi connectivity index (χ4v) is 3.47. The summed E-state index contributed by atoms with van der Waals surface area (Å²) in [5, 5.41) is 10.4. The third-order valence-corrected chi connectivity index (χ3v) is 5.02. The van der Waals surface area contributed by atoms with Crippen LogP contribution in [0.3, 0.4) is 0 Å². The fourth-order valence-electron chi connectivity index (χ4n) is 3.47. The zero-order chi connectivity index (χ0) is 21.5. The van der Waals surface area contributed by atoms with Crippen LogP contribution < -0.4 is 5.73 Å². The average molecular weight is 409 g/mol. The minimum Gasteiger partial charge on any atom is -0.507 e. The molecule has 0 spiro atoms. The first-order valence-corrected chi connectivity index (χ1v) is 8.97. The predicted octanol–water partition coefficient (Wildman–Crippen LogP) is 2.82. The van der Waals surface area contributed by atoms with Crippen molar-refractivity contribution >= 4 is 11.9 Å². The number of hydrogen-bond acceptors (Lipinski definition) is 6. The molecule has 4 rings (SSSR count). The van der Waals surface area contributed by atoms with E-state index in [1.807, 2.05) is 0 Å². The van der Waals surface area contributed by atoms with Crippen LogP contribution in [-0.4, -0.2) is 38.9 Å². The average Bonchev–Trinajstić information content (AvgIpc) is 2.99. The number of pyridine rings is 2. The minimum atomic E-state index is -2.82. The van der Waals surface area contributed by atoms with Crippen molar-refractivity contribution in [2.45, 2.75) is 12.0 Å². The molecule has 0 fully saturated rings. The number of aromatic nitrogens is 2. The molecule has 1 aromatic carbocycles. The summed E-state index contributed by atoms with van der Waals surface area (Å²) in [6.45, 7) is 0. The van der Waals surface area contributed by atoms with Gasteiger partial charge in [-0.25, -0.2) is 13.8 Å². The van der Waals surface area contributed by atoms with Crippen molar-refractivity contribution in [2.24, 2.45) is 10.7 Å². The normalized spacial score (nSPS) is 18.7.